The van der Waals surface area contributed by atoms with E-state index in [-0.39, 0.29) is 17.2 Å². The molecule has 0 fully saturated rings. The largest absolute Gasteiger partial charge is 0.338 e. The molecule has 5 aromatic rings. The number of fused-ring (bicyclic) bond motifs is 1. The molecule has 0 N–H and O–H groups in total. The van der Waals surface area contributed by atoms with Crippen LogP contribution in [0.1, 0.15) is 11.3 Å². The van der Waals surface area contributed by atoms with E-state index >= 15 is 0 Å². The molecule has 3 aromatic carbocycles. The zero-order valence-electron chi connectivity index (χ0n) is 19.0. The molecule has 34 heavy (non-hydrogen) atoms. The minimum absolute atomic E-state index is 0.126. The molecule has 5 rings (SSSR count). The van der Waals surface area contributed by atoms with Crippen molar-refractivity contribution in [2.75, 3.05) is 0 Å². The van der Waals surface area contributed by atoms with E-state index in [9.17, 15) is 9.59 Å². The summed E-state index contributed by atoms with van der Waals surface area (Å²) in [5.41, 5.74) is 2.93. The van der Waals surface area contributed by atoms with Crippen molar-refractivity contribution in [2.45, 2.75) is 19.4 Å². The third-order valence-corrected chi connectivity index (χ3v) is 6.29. The Morgan fingerprint density at radius 3 is 2.21 bits per heavy atom. The molecule has 0 spiro atoms. The molecule has 170 valence electrons. The van der Waals surface area contributed by atoms with Crippen molar-refractivity contribution in [1.82, 2.24) is 18.7 Å². The number of rotatable bonds is 7. The lowest BCUT2D eigenvalue weighted by Crippen LogP contribution is -2.40. The SMILES string of the molecule is Cn1cncc1CC(Cc1ccccc1)Cn1c(=O)n(-c2ccccc2)c(=O)c2ccccc21. The van der Waals surface area contributed by atoms with Gasteiger partial charge in [0.25, 0.3) is 5.56 Å². The van der Waals surface area contributed by atoms with Crippen molar-refractivity contribution >= 4 is 10.9 Å². The quantitative estimate of drug-likeness (QED) is 0.377. The first-order valence-electron chi connectivity index (χ1n) is 11.4. The van der Waals surface area contributed by atoms with Crippen LogP contribution in [0.5, 0.6) is 0 Å². The van der Waals surface area contributed by atoms with Gasteiger partial charge in [0, 0.05) is 25.5 Å². The number of benzene rings is 3. The van der Waals surface area contributed by atoms with Gasteiger partial charge in [0.05, 0.1) is 22.9 Å². The third-order valence-electron chi connectivity index (χ3n) is 6.29. The summed E-state index contributed by atoms with van der Waals surface area (Å²) in [6, 6.07) is 26.8. The summed E-state index contributed by atoms with van der Waals surface area (Å²) < 4.78 is 5.06. The maximum atomic E-state index is 13.8. The fraction of sp³-hybridized carbons (Fsp3) is 0.179. The predicted molar refractivity (Wildman–Crippen MR) is 134 cm³/mol. The van der Waals surface area contributed by atoms with Gasteiger partial charge in [0.1, 0.15) is 0 Å². The van der Waals surface area contributed by atoms with E-state index in [1.807, 2.05) is 72.4 Å². The molecule has 0 aliphatic carbocycles. The van der Waals surface area contributed by atoms with E-state index in [0.717, 1.165) is 18.5 Å². The van der Waals surface area contributed by atoms with Crippen molar-refractivity contribution in [2.24, 2.45) is 13.0 Å². The van der Waals surface area contributed by atoms with Gasteiger partial charge in [-0.3, -0.25) is 9.36 Å². The topological polar surface area (TPSA) is 61.8 Å². The second-order valence-corrected chi connectivity index (χ2v) is 8.64. The minimum Gasteiger partial charge on any atom is -0.338 e. The first-order valence-corrected chi connectivity index (χ1v) is 11.4. The molecule has 6 heteroatoms. The van der Waals surface area contributed by atoms with Gasteiger partial charge in [-0.15, -0.1) is 0 Å². The number of hydrogen-bond acceptors (Lipinski definition) is 3. The van der Waals surface area contributed by atoms with Gasteiger partial charge in [0.2, 0.25) is 0 Å². The standard InChI is InChI=1S/C28H26N4O2/c1-30-20-29-18-24(30)17-22(16-21-10-4-2-5-11-21)19-31-26-15-9-8-14-25(26)27(33)32(28(31)34)23-12-6-3-7-13-23/h2-15,18,20,22H,16-17,19H2,1H3. The summed E-state index contributed by atoms with van der Waals surface area (Å²) in [5, 5.41) is 0.532. The van der Waals surface area contributed by atoms with Crippen molar-refractivity contribution in [3.8, 4) is 5.69 Å². The summed E-state index contributed by atoms with van der Waals surface area (Å²) in [6.45, 7) is 0.479. The molecule has 0 aliphatic rings. The molecule has 1 unspecified atom stereocenters. The van der Waals surface area contributed by atoms with Crippen LogP contribution in [0, 0.1) is 5.92 Å². The Kier molecular flexibility index (Phi) is 5.95. The highest BCUT2D eigenvalue weighted by Crippen LogP contribution is 2.19. The van der Waals surface area contributed by atoms with Crippen LogP contribution in [0.25, 0.3) is 16.6 Å². The Balaban J connectivity index is 1.64. The Morgan fingerprint density at radius 1 is 0.824 bits per heavy atom. The summed E-state index contributed by atoms with van der Waals surface area (Å²) in [4.78, 5) is 31.4. The molecule has 0 saturated heterocycles. The predicted octanol–water partition coefficient (Wildman–Crippen LogP) is 3.99. The number of aryl methyl sites for hydroxylation is 1. The lowest BCUT2D eigenvalue weighted by atomic mass is 9.94. The van der Waals surface area contributed by atoms with Crippen LogP contribution < -0.4 is 11.2 Å². The maximum absolute atomic E-state index is 13.8. The molecule has 0 saturated carbocycles. The number of para-hydroxylation sites is 2. The van der Waals surface area contributed by atoms with Crippen LogP contribution in [0.2, 0.25) is 0 Å². The molecule has 2 heterocycles. The van der Waals surface area contributed by atoms with Gasteiger partial charge in [0.15, 0.2) is 0 Å². The summed E-state index contributed by atoms with van der Waals surface area (Å²) in [6.07, 6.45) is 5.24. The zero-order valence-corrected chi connectivity index (χ0v) is 19.0. The van der Waals surface area contributed by atoms with Crippen LogP contribution >= 0.6 is 0 Å². The van der Waals surface area contributed by atoms with Crippen molar-refractivity contribution in [3.63, 3.8) is 0 Å². The second kappa shape index (κ2) is 9.35. The molecule has 0 bridgehead atoms. The van der Waals surface area contributed by atoms with Crippen molar-refractivity contribution in [3.05, 3.63) is 130 Å². The average molecular weight is 451 g/mol. The summed E-state index contributed by atoms with van der Waals surface area (Å²) in [7, 11) is 1.99. The maximum Gasteiger partial charge on any atom is 0.336 e. The number of aromatic nitrogens is 4. The Morgan fingerprint density at radius 2 is 1.50 bits per heavy atom. The normalized spacial score (nSPS) is 12.1. The third kappa shape index (κ3) is 4.22. The van der Waals surface area contributed by atoms with Crippen LogP contribution in [-0.2, 0) is 26.4 Å². The highest BCUT2D eigenvalue weighted by Gasteiger charge is 2.19. The fourth-order valence-electron chi connectivity index (χ4n) is 4.59. The van der Waals surface area contributed by atoms with Crippen LogP contribution in [0.4, 0.5) is 0 Å². The second-order valence-electron chi connectivity index (χ2n) is 8.64. The van der Waals surface area contributed by atoms with E-state index < -0.39 is 0 Å². The van der Waals surface area contributed by atoms with Crippen molar-refractivity contribution < 1.29 is 0 Å². The van der Waals surface area contributed by atoms with Gasteiger partial charge in [-0.05, 0) is 48.6 Å². The number of imidazole rings is 1. The van der Waals surface area contributed by atoms with E-state index in [0.29, 0.717) is 23.1 Å². The molecule has 0 amide bonds. The van der Waals surface area contributed by atoms with Gasteiger partial charge in [-0.1, -0.05) is 60.7 Å². The fourth-order valence-corrected chi connectivity index (χ4v) is 4.59. The minimum atomic E-state index is -0.321. The molecular weight excluding hydrogens is 424 g/mol. The molecule has 6 nitrogen and oxygen atoms in total. The van der Waals surface area contributed by atoms with Gasteiger partial charge in [-0.2, -0.15) is 0 Å². The summed E-state index contributed by atoms with van der Waals surface area (Å²) in [5.74, 6) is 0.126. The van der Waals surface area contributed by atoms with Crippen LogP contribution in [0.15, 0.2) is 107 Å². The molecule has 0 aliphatic heterocycles. The molecule has 0 radical (unpaired) electrons. The van der Waals surface area contributed by atoms with Gasteiger partial charge < -0.3 is 4.57 Å². The Labute approximate surface area is 197 Å². The average Bonchev–Trinajstić information content (AvgIpc) is 3.27. The van der Waals surface area contributed by atoms with E-state index in [4.69, 9.17) is 0 Å². The zero-order chi connectivity index (χ0) is 23.5. The van der Waals surface area contributed by atoms with Crippen molar-refractivity contribution in [1.29, 1.82) is 0 Å². The molecular formula is C28H26N4O2. The highest BCUT2D eigenvalue weighted by molar-refractivity contribution is 5.78. The Hall–Kier alpha value is -4.19. The summed E-state index contributed by atoms with van der Waals surface area (Å²) >= 11 is 0. The highest BCUT2D eigenvalue weighted by atomic mass is 16.2. The van der Waals surface area contributed by atoms with Crippen LogP contribution in [-0.4, -0.2) is 18.7 Å². The monoisotopic (exact) mass is 450 g/mol. The number of nitrogens with zero attached hydrogens (tertiary/aromatic N) is 4. The van der Waals surface area contributed by atoms with E-state index in [1.165, 1.54) is 10.1 Å². The van der Waals surface area contributed by atoms with Gasteiger partial charge in [-0.25, -0.2) is 14.3 Å². The van der Waals surface area contributed by atoms with E-state index in [2.05, 4.69) is 17.1 Å². The molecule has 1 atom stereocenters. The van der Waals surface area contributed by atoms with Gasteiger partial charge >= 0.3 is 5.69 Å². The Bertz CT molecular complexity index is 1530. The lowest BCUT2D eigenvalue weighted by molar-refractivity contribution is 0.424. The molecule has 2 aromatic heterocycles. The first kappa shape index (κ1) is 21.6. The van der Waals surface area contributed by atoms with Crippen LogP contribution in [0.3, 0.4) is 0 Å². The smallest absolute Gasteiger partial charge is 0.336 e. The van der Waals surface area contributed by atoms with E-state index in [1.54, 1.807) is 29.1 Å². The number of hydrogen-bond donors (Lipinski definition) is 0. The first-order chi connectivity index (χ1) is 16.6. The lowest BCUT2D eigenvalue weighted by Gasteiger charge is -2.21.